The summed E-state index contributed by atoms with van der Waals surface area (Å²) in [5, 5.41) is 1.09. The van der Waals surface area contributed by atoms with Crippen molar-refractivity contribution < 1.29 is 4.79 Å². The summed E-state index contributed by atoms with van der Waals surface area (Å²) < 4.78 is 0. The Labute approximate surface area is 173 Å². The number of H-pyrrole nitrogens is 1. The summed E-state index contributed by atoms with van der Waals surface area (Å²) >= 11 is 0. The van der Waals surface area contributed by atoms with Crippen molar-refractivity contribution in [3.63, 3.8) is 0 Å². The fraction of sp³-hybridized carbons (Fsp3) is 0.440. The highest BCUT2D eigenvalue weighted by molar-refractivity contribution is 6.17. The number of hydrogen-bond donors (Lipinski definition) is 1. The molecule has 1 unspecified atom stereocenters. The van der Waals surface area contributed by atoms with Crippen LogP contribution < -0.4 is 0 Å². The lowest BCUT2D eigenvalue weighted by Gasteiger charge is -2.35. The lowest BCUT2D eigenvalue weighted by Crippen LogP contribution is -2.33. The van der Waals surface area contributed by atoms with Gasteiger partial charge in [-0.2, -0.15) is 0 Å². The summed E-state index contributed by atoms with van der Waals surface area (Å²) in [6.45, 7) is 8.82. The van der Waals surface area contributed by atoms with E-state index >= 15 is 0 Å². The van der Waals surface area contributed by atoms with Crippen molar-refractivity contribution in [3.05, 3.63) is 65.1 Å². The lowest BCUT2D eigenvalue weighted by atomic mass is 9.91. The topological polar surface area (TPSA) is 49.0 Å². The highest BCUT2D eigenvalue weighted by atomic mass is 16.1. The van der Waals surface area contributed by atoms with Crippen LogP contribution in [0.1, 0.15) is 85.7 Å². The van der Waals surface area contributed by atoms with E-state index in [1.165, 1.54) is 24.8 Å². The van der Waals surface area contributed by atoms with E-state index in [9.17, 15) is 4.79 Å². The number of nitrogens with one attached hydrogen (secondary N) is 1. The Morgan fingerprint density at radius 1 is 1.10 bits per heavy atom. The third-order valence-electron chi connectivity index (χ3n) is 6.16. The molecule has 0 aliphatic carbocycles. The second kappa shape index (κ2) is 8.50. The van der Waals surface area contributed by atoms with Crippen LogP contribution in [-0.4, -0.2) is 33.7 Å². The van der Waals surface area contributed by atoms with Gasteiger partial charge in [0.15, 0.2) is 0 Å². The molecule has 3 aromatic rings. The van der Waals surface area contributed by atoms with E-state index in [1.807, 2.05) is 18.2 Å². The summed E-state index contributed by atoms with van der Waals surface area (Å²) in [7, 11) is 0. The molecule has 4 heteroatoms. The van der Waals surface area contributed by atoms with E-state index in [1.54, 1.807) is 6.20 Å². The number of aromatic nitrogens is 2. The van der Waals surface area contributed by atoms with Gasteiger partial charge in [0.2, 0.25) is 5.78 Å². The summed E-state index contributed by atoms with van der Waals surface area (Å²) in [6, 6.07) is 12.3. The first-order chi connectivity index (χ1) is 14.1. The number of pyridine rings is 1. The maximum Gasteiger partial charge on any atom is 0.213 e. The summed E-state index contributed by atoms with van der Waals surface area (Å²) in [6.07, 6.45) is 6.58. The zero-order valence-electron chi connectivity index (χ0n) is 17.7. The van der Waals surface area contributed by atoms with E-state index < -0.39 is 0 Å². The molecule has 1 aliphatic rings. The van der Waals surface area contributed by atoms with Gasteiger partial charge in [-0.05, 0) is 62.0 Å². The van der Waals surface area contributed by atoms with Crippen LogP contribution in [0.15, 0.2) is 42.6 Å². The first kappa shape index (κ1) is 19.8. The second-order valence-corrected chi connectivity index (χ2v) is 8.40. The van der Waals surface area contributed by atoms with Crippen molar-refractivity contribution in [2.24, 2.45) is 0 Å². The number of piperidine rings is 1. The van der Waals surface area contributed by atoms with Gasteiger partial charge in [-0.25, -0.2) is 0 Å². The van der Waals surface area contributed by atoms with Crippen LogP contribution in [0.4, 0.5) is 0 Å². The van der Waals surface area contributed by atoms with Gasteiger partial charge in [0.05, 0.1) is 5.56 Å². The van der Waals surface area contributed by atoms with Crippen molar-refractivity contribution in [3.8, 4) is 0 Å². The molecule has 4 nitrogen and oxygen atoms in total. The van der Waals surface area contributed by atoms with Crippen molar-refractivity contribution in [2.75, 3.05) is 13.1 Å². The maximum absolute atomic E-state index is 13.6. The Balaban J connectivity index is 1.91. The van der Waals surface area contributed by atoms with Gasteiger partial charge < -0.3 is 4.98 Å². The molecule has 1 N–H and O–H groups in total. The Kier molecular flexibility index (Phi) is 5.81. The van der Waals surface area contributed by atoms with Gasteiger partial charge in [-0.15, -0.1) is 0 Å². The number of ketones is 1. The minimum absolute atomic E-state index is 0.0153. The monoisotopic (exact) mass is 389 g/mol. The first-order valence-corrected chi connectivity index (χ1v) is 11.0. The minimum Gasteiger partial charge on any atom is -0.358 e. The molecule has 1 aromatic carbocycles. The third kappa shape index (κ3) is 3.74. The number of nitrogens with zero attached hydrogens (tertiary/aromatic N) is 2. The number of aromatic amines is 1. The number of fused-ring (bicyclic) bond motifs is 1. The fourth-order valence-corrected chi connectivity index (χ4v) is 4.77. The molecule has 152 valence electrons. The number of carbonyl (C=O) groups is 1. The molecule has 0 saturated carbocycles. The molecular formula is C25H31N3O. The summed E-state index contributed by atoms with van der Waals surface area (Å²) in [4.78, 5) is 24.1. The van der Waals surface area contributed by atoms with E-state index in [0.29, 0.717) is 11.7 Å². The second-order valence-electron chi connectivity index (χ2n) is 8.40. The van der Waals surface area contributed by atoms with Gasteiger partial charge in [-0.1, -0.05) is 45.4 Å². The zero-order valence-corrected chi connectivity index (χ0v) is 17.7. The highest BCUT2D eigenvalue weighted by Crippen LogP contribution is 2.37. The van der Waals surface area contributed by atoms with Crippen LogP contribution in [0.2, 0.25) is 0 Å². The molecule has 0 spiro atoms. The van der Waals surface area contributed by atoms with Crippen LogP contribution in [-0.2, 0) is 0 Å². The van der Waals surface area contributed by atoms with E-state index in [4.69, 9.17) is 0 Å². The fourth-order valence-electron chi connectivity index (χ4n) is 4.77. The molecule has 0 amide bonds. The average molecular weight is 390 g/mol. The van der Waals surface area contributed by atoms with Crippen molar-refractivity contribution >= 4 is 16.7 Å². The number of carbonyl (C=O) groups excluding carboxylic acids is 1. The molecule has 0 bridgehead atoms. The van der Waals surface area contributed by atoms with E-state index in [0.717, 1.165) is 41.7 Å². The predicted molar refractivity (Wildman–Crippen MR) is 119 cm³/mol. The number of rotatable bonds is 6. The Morgan fingerprint density at radius 2 is 1.90 bits per heavy atom. The normalized spacial score (nSPS) is 16.4. The van der Waals surface area contributed by atoms with Gasteiger partial charge in [0, 0.05) is 28.8 Å². The Hall–Kier alpha value is -2.46. The SMILES string of the molecule is CCC(c1cccc2[nH]c(C(C)C)c(C(=O)c3ccccn3)c12)N1CCCCC1. The molecule has 1 aliphatic heterocycles. The van der Waals surface area contributed by atoms with Gasteiger partial charge in [0.25, 0.3) is 0 Å². The van der Waals surface area contributed by atoms with Crippen LogP contribution in [0.3, 0.4) is 0 Å². The largest absolute Gasteiger partial charge is 0.358 e. The van der Waals surface area contributed by atoms with Crippen LogP contribution in [0.5, 0.6) is 0 Å². The molecule has 1 saturated heterocycles. The summed E-state index contributed by atoms with van der Waals surface area (Å²) in [5.41, 5.74) is 4.66. The Bertz CT molecular complexity index is 984. The standard InChI is InChI=1S/C25H31N3O/c1-4-21(28-15-8-5-9-16-28)18-11-10-13-19-22(18)23(24(27-19)17(2)3)25(29)20-12-6-7-14-26-20/h6-7,10-14,17,21,27H,4-5,8-9,15-16H2,1-3H3. The summed E-state index contributed by atoms with van der Waals surface area (Å²) in [5.74, 6) is 0.245. The van der Waals surface area contributed by atoms with Gasteiger partial charge in [-0.3, -0.25) is 14.7 Å². The molecule has 29 heavy (non-hydrogen) atoms. The van der Waals surface area contributed by atoms with Gasteiger partial charge >= 0.3 is 0 Å². The van der Waals surface area contributed by atoms with Crippen LogP contribution in [0, 0.1) is 0 Å². The van der Waals surface area contributed by atoms with Gasteiger partial charge in [0.1, 0.15) is 5.69 Å². The number of hydrogen-bond acceptors (Lipinski definition) is 3. The van der Waals surface area contributed by atoms with Crippen molar-refractivity contribution in [2.45, 2.75) is 58.4 Å². The Morgan fingerprint density at radius 3 is 2.55 bits per heavy atom. The maximum atomic E-state index is 13.6. The number of benzene rings is 1. The molecule has 0 radical (unpaired) electrons. The average Bonchev–Trinajstić information content (AvgIpc) is 3.16. The van der Waals surface area contributed by atoms with Crippen LogP contribution in [0.25, 0.3) is 10.9 Å². The molecule has 1 atom stereocenters. The zero-order chi connectivity index (χ0) is 20.4. The molecule has 4 rings (SSSR count). The van der Waals surface area contributed by atoms with Crippen LogP contribution >= 0.6 is 0 Å². The highest BCUT2D eigenvalue weighted by Gasteiger charge is 2.28. The third-order valence-corrected chi connectivity index (χ3v) is 6.16. The molecule has 3 heterocycles. The quantitative estimate of drug-likeness (QED) is 0.538. The predicted octanol–water partition coefficient (Wildman–Crippen LogP) is 5.85. The van der Waals surface area contributed by atoms with E-state index in [-0.39, 0.29) is 11.7 Å². The van der Waals surface area contributed by atoms with E-state index in [2.05, 4.69) is 53.8 Å². The molecule has 2 aromatic heterocycles. The first-order valence-electron chi connectivity index (χ1n) is 11.0. The lowest BCUT2D eigenvalue weighted by molar-refractivity contribution is 0.103. The molecule has 1 fully saturated rings. The number of likely N-dealkylation sites (tertiary alicyclic amines) is 1. The van der Waals surface area contributed by atoms with Crippen molar-refractivity contribution in [1.29, 1.82) is 0 Å². The van der Waals surface area contributed by atoms with Crippen molar-refractivity contribution in [1.82, 2.24) is 14.9 Å². The minimum atomic E-state index is 0.0153. The molecular weight excluding hydrogens is 358 g/mol. The smallest absolute Gasteiger partial charge is 0.213 e.